The van der Waals surface area contributed by atoms with Crippen molar-refractivity contribution in [3.63, 3.8) is 0 Å². The van der Waals surface area contributed by atoms with Crippen molar-refractivity contribution in [1.29, 1.82) is 0 Å². The number of aldehydes is 1. The summed E-state index contributed by atoms with van der Waals surface area (Å²) in [5.74, 6) is 1.13. The number of nitrogens with two attached hydrogens (primary N) is 1. The van der Waals surface area contributed by atoms with Crippen molar-refractivity contribution in [1.82, 2.24) is 4.98 Å². The molecule has 86 valence electrons. The molecule has 0 aliphatic heterocycles. The molecule has 0 amide bonds. The van der Waals surface area contributed by atoms with Crippen LogP contribution in [0.1, 0.15) is 5.56 Å². The van der Waals surface area contributed by atoms with E-state index in [4.69, 9.17) is 10.5 Å². The van der Waals surface area contributed by atoms with Crippen LogP contribution in [0.3, 0.4) is 0 Å². The number of nitrogen functional groups attached to an aromatic ring is 1. The van der Waals surface area contributed by atoms with Crippen LogP contribution in [0, 0.1) is 0 Å². The number of benzene rings is 1. The first kappa shape index (κ1) is 11.1. The molecule has 1 aromatic carbocycles. The Morgan fingerprint density at radius 1 is 1.29 bits per heavy atom. The number of carbonyl (C=O) groups is 1. The van der Waals surface area contributed by atoms with Crippen molar-refractivity contribution in [2.45, 2.75) is 6.42 Å². The zero-order valence-electron chi connectivity index (χ0n) is 9.17. The fourth-order valence-corrected chi connectivity index (χ4v) is 1.41. The summed E-state index contributed by atoms with van der Waals surface area (Å²) >= 11 is 0. The van der Waals surface area contributed by atoms with Gasteiger partial charge in [0.1, 0.15) is 12.0 Å². The Morgan fingerprint density at radius 3 is 2.88 bits per heavy atom. The fourth-order valence-electron chi connectivity index (χ4n) is 1.41. The van der Waals surface area contributed by atoms with Crippen molar-refractivity contribution < 1.29 is 9.53 Å². The molecule has 0 aliphatic rings. The second kappa shape index (κ2) is 5.12. The van der Waals surface area contributed by atoms with E-state index in [2.05, 4.69) is 4.98 Å². The topological polar surface area (TPSA) is 65.2 Å². The Bertz CT molecular complexity index is 509. The van der Waals surface area contributed by atoms with Gasteiger partial charge in [0, 0.05) is 12.5 Å². The minimum Gasteiger partial charge on any atom is -0.439 e. The molecule has 1 heterocycles. The van der Waals surface area contributed by atoms with Gasteiger partial charge in [0.05, 0.1) is 11.9 Å². The predicted octanol–water partition coefficient (Wildman–Crippen LogP) is 2.20. The van der Waals surface area contributed by atoms with Crippen LogP contribution >= 0.6 is 0 Å². The first-order valence-electron chi connectivity index (χ1n) is 5.20. The molecule has 4 heteroatoms. The van der Waals surface area contributed by atoms with Gasteiger partial charge in [-0.3, -0.25) is 0 Å². The van der Waals surface area contributed by atoms with Crippen molar-refractivity contribution in [2.24, 2.45) is 0 Å². The zero-order valence-corrected chi connectivity index (χ0v) is 9.17. The summed E-state index contributed by atoms with van der Waals surface area (Å²) < 4.78 is 5.54. The molecule has 4 nitrogen and oxygen atoms in total. The summed E-state index contributed by atoms with van der Waals surface area (Å²) in [5.41, 5.74) is 7.03. The summed E-state index contributed by atoms with van der Waals surface area (Å²) in [6, 6.07) is 10.8. The molecule has 0 fully saturated rings. The third-order valence-electron chi connectivity index (χ3n) is 2.20. The van der Waals surface area contributed by atoms with Gasteiger partial charge in [0.25, 0.3) is 0 Å². The first-order chi connectivity index (χ1) is 8.28. The van der Waals surface area contributed by atoms with Gasteiger partial charge in [-0.2, -0.15) is 0 Å². The Morgan fingerprint density at radius 2 is 2.18 bits per heavy atom. The lowest BCUT2D eigenvalue weighted by molar-refractivity contribution is -0.107. The van der Waals surface area contributed by atoms with Crippen molar-refractivity contribution in [2.75, 3.05) is 5.73 Å². The smallest absolute Gasteiger partial charge is 0.219 e. The van der Waals surface area contributed by atoms with Crippen molar-refractivity contribution >= 4 is 12.0 Å². The quantitative estimate of drug-likeness (QED) is 0.815. The molecule has 2 aromatic rings. The van der Waals surface area contributed by atoms with E-state index in [1.165, 1.54) is 6.20 Å². The standard InChI is InChI=1S/C13H12N2O2/c14-11-4-5-13(15-9-11)17-12-3-1-2-10(8-12)6-7-16/h1-5,7-9H,6,14H2. The monoisotopic (exact) mass is 228 g/mol. The highest BCUT2D eigenvalue weighted by atomic mass is 16.5. The van der Waals surface area contributed by atoms with Gasteiger partial charge in [0.15, 0.2) is 0 Å². The van der Waals surface area contributed by atoms with Gasteiger partial charge in [-0.15, -0.1) is 0 Å². The Hall–Kier alpha value is -2.36. The number of rotatable bonds is 4. The normalized spacial score (nSPS) is 9.88. The highest BCUT2D eigenvalue weighted by molar-refractivity contribution is 5.55. The summed E-state index contributed by atoms with van der Waals surface area (Å²) in [6.07, 6.45) is 2.78. The van der Waals surface area contributed by atoms with Gasteiger partial charge in [0.2, 0.25) is 5.88 Å². The van der Waals surface area contributed by atoms with Crippen molar-refractivity contribution in [3.05, 3.63) is 48.2 Å². The minimum absolute atomic E-state index is 0.381. The number of nitrogens with zero attached hydrogens (tertiary/aromatic N) is 1. The molecule has 17 heavy (non-hydrogen) atoms. The highest BCUT2D eigenvalue weighted by Crippen LogP contribution is 2.20. The van der Waals surface area contributed by atoms with Gasteiger partial charge in [-0.25, -0.2) is 4.98 Å². The Balaban J connectivity index is 2.15. The predicted molar refractivity (Wildman–Crippen MR) is 64.9 cm³/mol. The number of hydrogen-bond donors (Lipinski definition) is 1. The minimum atomic E-state index is 0.381. The SMILES string of the molecule is Nc1ccc(Oc2cccc(CC=O)c2)nc1. The van der Waals surface area contributed by atoms with E-state index in [9.17, 15) is 4.79 Å². The molecule has 2 N–H and O–H groups in total. The second-order valence-corrected chi connectivity index (χ2v) is 3.55. The van der Waals surface area contributed by atoms with E-state index in [0.29, 0.717) is 23.7 Å². The van der Waals surface area contributed by atoms with Crippen molar-refractivity contribution in [3.8, 4) is 11.6 Å². The van der Waals surface area contributed by atoms with Gasteiger partial charge >= 0.3 is 0 Å². The molecule has 0 aliphatic carbocycles. The van der Waals surface area contributed by atoms with E-state index < -0.39 is 0 Å². The average molecular weight is 228 g/mol. The molecular weight excluding hydrogens is 216 g/mol. The fraction of sp³-hybridized carbons (Fsp3) is 0.0769. The van der Waals surface area contributed by atoms with Crippen LogP contribution in [0.25, 0.3) is 0 Å². The second-order valence-electron chi connectivity index (χ2n) is 3.55. The molecule has 1 aromatic heterocycles. The number of pyridine rings is 1. The van der Waals surface area contributed by atoms with E-state index in [-0.39, 0.29) is 0 Å². The molecule has 0 unspecified atom stereocenters. The number of aromatic nitrogens is 1. The summed E-state index contributed by atoms with van der Waals surface area (Å²) in [6.45, 7) is 0. The van der Waals surface area contributed by atoms with Crippen LogP contribution in [0.4, 0.5) is 5.69 Å². The molecule has 0 saturated carbocycles. The lowest BCUT2D eigenvalue weighted by atomic mass is 10.1. The summed E-state index contributed by atoms with van der Waals surface area (Å²) in [7, 11) is 0. The van der Waals surface area contributed by atoms with Crippen LogP contribution in [-0.4, -0.2) is 11.3 Å². The highest BCUT2D eigenvalue weighted by Gasteiger charge is 1.99. The third kappa shape index (κ3) is 3.04. The number of anilines is 1. The van der Waals surface area contributed by atoms with E-state index in [1.54, 1.807) is 12.1 Å². The molecule has 2 rings (SSSR count). The van der Waals surface area contributed by atoms with Crippen LogP contribution in [0.5, 0.6) is 11.6 Å². The molecule has 0 bridgehead atoms. The van der Waals surface area contributed by atoms with E-state index in [1.807, 2.05) is 24.3 Å². The average Bonchev–Trinajstić information content (AvgIpc) is 2.33. The van der Waals surface area contributed by atoms with Gasteiger partial charge < -0.3 is 15.3 Å². The maximum Gasteiger partial charge on any atom is 0.219 e. The third-order valence-corrected chi connectivity index (χ3v) is 2.20. The van der Waals surface area contributed by atoms with Gasteiger partial charge in [-0.05, 0) is 23.8 Å². The molecule has 0 radical (unpaired) electrons. The van der Waals surface area contributed by atoms with Crippen LogP contribution in [0.15, 0.2) is 42.6 Å². The number of hydrogen-bond acceptors (Lipinski definition) is 4. The largest absolute Gasteiger partial charge is 0.439 e. The molecule has 0 atom stereocenters. The molecular formula is C13H12N2O2. The molecule has 0 spiro atoms. The lowest BCUT2D eigenvalue weighted by Crippen LogP contribution is -1.91. The zero-order chi connectivity index (χ0) is 12.1. The van der Waals surface area contributed by atoms with Gasteiger partial charge in [-0.1, -0.05) is 12.1 Å². The Labute approximate surface area is 99.1 Å². The maximum absolute atomic E-state index is 10.4. The number of carbonyl (C=O) groups excluding carboxylic acids is 1. The van der Waals surface area contributed by atoms with Crippen LogP contribution in [0.2, 0.25) is 0 Å². The Kier molecular flexibility index (Phi) is 3.35. The first-order valence-corrected chi connectivity index (χ1v) is 5.20. The molecule has 0 saturated heterocycles. The lowest BCUT2D eigenvalue weighted by Gasteiger charge is -2.05. The maximum atomic E-state index is 10.4. The summed E-state index contributed by atoms with van der Waals surface area (Å²) in [4.78, 5) is 14.4. The van der Waals surface area contributed by atoms with E-state index in [0.717, 1.165) is 11.8 Å². The number of ether oxygens (including phenoxy) is 1. The van der Waals surface area contributed by atoms with Crippen LogP contribution in [-0.2, 0) is 11.2 Å². The van der Waals surface area contributed by atoms with E-state index >= 15 is 0 Å². The van der Waals surface area contributed by atoms with Crippen LogP contribution < -0.4 is 10.5 Å². The summed E-state index contributed by atoms with van der Waals surface area (Å²) in [5, 5.41) is 0.